The first-order chi connectivity index (χ1) is 10.8. The smallest absolute Gasteiger partial charge is 0.335 e. The Morgan fingerprint density at radius 3 is 2.17 bits per heavy atom. The van der Waals surface area contributed by atoms with Crippen LogP contribution in [0.4, 0.5) is 5.69 Å². The number of ether oxygens (including phenoxy) is 1. The van der Waals surface area contributed by atoms with Crippen LogP contribution in [0.2, 0.25) is 0 Å². The third-order valence-corrected chi connectivity index (χ3v) is 2.87. The van der Waals surface area contributed by atoms with Gasteiger partial charge in [-0.05, 0) is 43.5 Å². The summed E-state index contributed by atoms with van der Waals surface area (Å²) >= 11 is 0. The monoisotopic (exact) mass is 321 g/mol. The molecule has 128 valence electrons. The number of aromatic carboxylic acids is 1. The molecule has 1 aromatic carbocycles. The van der Waals surface area contributed by atoms with Gasteiger partial charge in [-0.25, -0.2) is 9.59 Å². The van der Waals surface area contributed by atoms with Gasteiger partial charge in [0, 0.05) is 25.9 Å². The standard InChI is InChI=1S/C9H11NO2.C9H16O2/c1-10(2)8-5-3-7(4-6-8)9(11)12;1-4-5-9(10)11-7-6-8(2)3/h3-6H,1-2H3,(H,11,12);4-5,8H,6-7H2,1-3H3. The summed E-state index contributed by atoms with van der Waals surface area (Å²) in [5.41, 5.74) is 1.32. The fourth-order valence-electron chi connectivity index (χ4n) is 1.48. The van der Waals surface area contributed by atoms with E-state index in [0.29, 0.717) is 18.1 Å². The SMILES string of the molecule is CC=CC(=O)OCCC(C)C.CN(C)c1ccc(C(=O)O)cc1. The van der Waals surface area contributed by atoms with Crippen molar-refractivity contribution in [2.75, 3.05) is 25.6 Å². The zero-order valence-electron chi connectivity index (χ0n) is 14.6. The molecule has 0 spiro atoms. The van der Waals surface area contributed by atoms with Crippen molar-refractivity contribution in [1.29, 1.82) is 0 Å². The van der Waals surface area contributed by atoms with E-state index in [1.807, 2.05) is 19.0 Å². The molecule has 0 saturated heterocycles. The second-order valence-corrected chi connectivity index (χ2v) is 5.60. The molecular weight excluding hydrogens is 294 g/mol. The minimum Gasteiger partial charge on any atom is -0.478 e. The van der Waals surface area contributed by atoms with E-state index in [1.54, 1.807) is 37.3 Å². The molecule has 0 fully saturated rings. The van der Waals surface area contributed by atoms with Crippen LogP contribution in [0.3, 0.4) is 0 Å². The second-order valence-electron chi connectivity index (χ2n) is 5.60. The van der Waals surface area contributed by atoms with Crippen molar-refractivity contribution >= 4 is 17.6 Å². The van der Waals surface area contributed by atoms with Gasteiger partial charge in [0.25, 0.3) is 0 Å². The number of carbonyl (C=O) groups excluding carboxylic acids is 1. The van der Waals surface area contributed by atoms with Crippen molar-refractivity contribution in [2.45, 2.75) is 27.2 Å². The van der Waals surface area contributed by atoms with Gasteiger partial charge in [0.2, 0.25) is 0 Å². The van der Waals surface area contributed by atoms with Gasteiger partial charge in [-0.3, -0.25) is 0 Å². The van der Waals surface area contributed by atoms with Gasteiger partial charge in [0.1, 0.15) is 0 Å². The molecule has 0 heterocycles. The topological polar surface area (TPSA) is 66.8 Å². The molecule has 5 heteroatoms. The minimum atomic E-state index is -0.889. The zero-order chi connectivity index (χ0) is 17.8. The van der Waals surface area contributed by atoms with Crippen molar-refractivity contribution < 1.29 is 19.4 Å². The highest BCUT2D eigenvalue weighted by Crippen LogP contribution is 2.11. The van der Waals surface area contributed by atoms with Crippen molar-refractivity contribution in [3.8, 4) is 0 Å². The van der Waals surface area contributed by atoms with Gasteiger partial charge < -0.3 is 14.7 Å². The lowest BCUT2D eigenvalue weighted by Gasteiger charge is -2.11. The van der Waals surface area contributed by atoms with E-state index < -0.39 is 5.97 Å². The zero-order valence-corrected chi connectivity index (χ0v) is 14.6. The lowest BCUT2D eigenvalue weighted by molar-refractivity contribution is -0.138. The normalized spacial score (nSPS) is 10.2. The van der Waals surface area contributed by atoms with E-state index in [1.165, 1.54) is 6.08 Å². The summed E-state index contributed by atoms with van der Waals surface area (Å²) in [6.45, 7) is 6.53. The van der Waals surface area contributed by atoms with Crippen LogP contribution in [0.5, 0.6) is 0 Å². The largest absolute Gasteiger partial charge is 0.478 e. The highest BCUT2D eigenvalue weighted by molar-refractivity contribution is 5.88. The average molecular weight is 321 g/mol. The fraction of sp³-hybridized carbons (Fsp3) is 0.444. The first kappa shape index (κ1) is 20.7. The molecule has 0 unspecified atom stereocenters. The Morgan fingerprint density at radius 1 is 1.22 bits per heavy atom. The van der Waals surface area contributed by atoms with E-state index in [2.05, 4.69) is 13.8 Å². The molecule has 0 saturated carbocycles. The number of esters is 1. The summed E-state index contributed by atoms with van der Waals surface area (Å²) < 4.78 is 4.87. The number of benzene rings is 1. The molecule has 0 radical (unpaired) electrons. The Bertz CT molecular complexity index is 504. The molecule has 0 atom stereocenters. The van der Waals surface area contributed by atoms with Crippen LogP contribution in [0.25, 0.3) is 0 Å². The van der Waals surface area contributed by atoms with Crippen LogP contribution in [-0.4, -0.2) is 37.7 Å². The summed E-state index contributed by atoms with van der Waals surface area (Å²) in [7, 11) is 3.82. The van der Waals surface area contributed by atoms with Crippen LogP contribution in [0.15, 0.2) is 36.4 Å². The predicted octanol–water partition coefficient (Wildman–Crippen LogP) is 3.60. The van der Waals surface area contributed by atoms with Gasteiger partial charge in [0.15, 0.2) is 0 Å². The predicted molar refractivity (Wildman–Crippen MR) is 93.0 cm³/mol. The molecule has 0 aliphatic heterocycles. The van der Waals surface area contributed by atoms with Crippen LogP contribution in [0.1, 0.15) is 37.6 Å². The molecule has 23 heavy (non-hydrogen) atoms. The summed E-state index contributed by atoms with van der Waals surface area (Å²) in [4.78, 5) is 23.1. The molecule has 0 amide bonds. The van der Waals surface area contributed by atoms with Crippen LogP contribution in [-0.2, 0) is 9.53 Å². The number of anilines is 1. The molecule has 1 aromatic rings. The molecule has 0 bridgehead atoms. The van der Waals surface area contributed by atoms with Crippen molar-refractivity contribution in [3.05, 3.63) is 42.0 Å². The number of carboxylic acids is 1. The maximum absolute atomic E-state index is 10.7. The van der Waals surface area contributed by atoms with E-state index in [0.717, 1.165) is 12.1 Å². The number of carbonyl (C=O) groups is 2. The van der Waals surface area contributed by atoms with Gasteiger partial charge in [-0.15, -0.1) is 0 Å². The van der Waals surface area contributed by atoms with E-state index in [-0.39, 0.29) is 5.97 Å². The molecule has 1 rings (SSSR count). The number of hydrogen-bond donors (Lipinski definition) is 1. The van der Waals surface area contributed by atoms with Crippen LogP contribution >= 0.6 is 0 Å². The Balaban J connectivity index is 0.000000423. The quantitative estimate of drug-likeness (QED) is 0.640. The summed E-state index contributed by atoms with van der Waals surface area (Å²) in [5.74, 6) is -0.540. The molecule has 1 N–H and O–H groups in total. The summed E-state index contributed by atoms with van der Waals surface area (Å²) in [5, 5.41) is 8.60. The maximum atomic E-state index is 10.7. The summed E-state index contributed by atoms with van der Waals surface area (Å²) in [6.07, 6.45) is 4.04. The number of nitrogens with zero attached hydrogens (tertiary/aromatic N) is 1. The van der Waals surface area contributed by atoms with E-state index in [4.69, 9.17) is 9.84 Å². The third kappa shape index (κ3) is 10.1. The number of rotatable bonds is 6. The first-order valence-corrected chi connectivity index (χ1v) is 7.58. The maximum Gasteiger partial charge on any atom is 0.335 e. The Morgan fingerprint density at radius 2 is 1.78 bits per heavy atom. The van der Waals surface area contributed by atoms with Gasteiger partial charge >= 0.3 is 11.9 Å². The number of allylic oxidation sites excluding steroid dienone is 1. The minimum absolute atomic E-state index is 0.242. The molecule has 0 aliphatic rings. The molecule has 0 aromatic heterocycles. The average Bonchev–Trinajstić information content (AvgIpc) is 2.47. The first-order valence-electron chi connectivity index (χ1n) is 7.58. The lowest BCUT2D eigenvalue weighted by atomic mass is 10.1. The Kier molecular flexibility index (Phi) is 10.2. The third-order valence-electron chi connectivity index (χ3n) is 2.87. The lowest BCUT2D eigenvalue weighted by Crippen LogP contribution is -2.08. The van der Waals surface area contributed by atoms with Crippen LogP contribution < -0.4 is 4.90 Å². The van der Waals surface area contributed by atoms with Gasteiger partial charge in [-0.2, -0.15) is 0 Å². The summed E-state index contributed by atoms with van der Waals surface area (Å²) in [6, 6.07) is 6.75. The van der Waals surface area contributed by atoms with Crippen molar-refractivity contribution in [2.24, 2.45) is 5.92 Å². The van der Waals surface area contributed by atoms with E-state index in [9.17, 15) is 9.59 Å². The van der Waals surface area contributed by atoms with E-state index >= 15 is 0 Å². The molecular formula is C18H27NO4. The fourth-order valence-corrected chi connectivity index (χ4v) is 1.48. The van der Waals surface area contributed by atoms with Crippen molar-refractivity contribution in [1.82, 2.24) is 0 Å². The van der Waals surface area contributed by atoms with Gasteiger partial charge in [-0.1, -0.05) is 19.9 Å². The highest BCUT2D eigenvalue weighted by atomic mass is 16.5. The second kappa shape index (κ2) is 11.3. The highest BCUT2D eigenvalue weighted by Gasteiger charge is 2.01. The van der Waals surface area contributed by atoms with Crippen LogP contribution in [0, 0.1) is 5.92 Å². The number of carboxylic acid groups (broad SMARTS) is 1. The van der Waals surface area contributed by atoms with Crippen molar-refractivity contribution in [3.63, 3.8) is 0 Å². The molecule has 0 aliphatic carbocycles. The molecule has 5 nitrogen and oxygen atoms in total. The van der Waals surface area contributed by atoms with Gasteiger partial charge in [0.05, 0.1) is 12.2 Å². The number of hydrogen-bond acceptors (Lipinski definition) is 4. The Hall–Kier alpha value is -2.30. The Labute approximate surface area is 138 Å².